The lowest BCUT2D eigenvalue weighted by Crippen LogP contribution is -2.48. The van der Waals surface area contributed by atoms with Gasteiger partial charge in [-0.1, -0.05) is 30.3 Å². The summed E-state index contributed by atoms with van der Waals surface area (Å²) in [5.41, 5.74) is 3.95. The summed E-state index contributed by atoms with van der Waals surface area (Å²) < 4.78 is 0. The topological polar surface area (TPSA) is 78.0 Å². The van der Waals surface area contributed by atoms with Crippen LogP contribution in [0.15, 0.2) is 30.3 Å². The minimum absolute atomic E-state index is 0.0389. The summed E-state index contributed by atoms with van der Waals surface area (Å²) in [4.78, 5) is 12.7. The first-order chi connectivity index (χ1) is 11.7. The number of fused-ring (bicyclic) bond motifs is 1. The van der Waals surface area contributed by atoms with Gasteiger partial charge in [0.15, 0.2) is 5.69 Å². The van der Waals surface area contributed by atoms with E-state index in [0.29, 0.717) is 11.6 Å². The van der Waals surface area contributed by atoms with Gasteiger partial charge in [-0.2, -0.15) is 5.10 Å². The Hall–Kier alpha value is -2.14. The Balaban J connectivity index is 1.49. The highest BCUT2D eigenvalue weighted by Crippen LogP contribution is 2.32. The fourth-order valence-corrected chi connectivity index (χ4v) is 3.91. The number of hydrogen-bond donors (Lipinski definition) is 3. The first kappa shape index (κ1) is 15.4. The second-order valence-corrected chi connectivity index (χ2v) is 7.04. The first-order valence-corrected chi connectivity index (χ1v) is 8.79. The van der Waals surface area contributed by atoms with Crippen LogP contribution in [0.2, 0.25) is 0 Å². The Morgan fingerprint density at radius 1 is 1.29 bits per heavy atom. The molecule has 2 aliphatic rings. The average Bonchev–Trinajstić information content (AvgIpc) is 3.15. The highest BCUT2D eigenvalue weighted by atomic mass is 16.3. The standard InChI is InChI=1S/C19H23N3O2/c23-14-10-13(11-14)17(9-12-5-2-1-3-6-12)20-19(24)18-15-7-4-8-16(15)21-22-18/h1-3,5-6,13-14,17,23H,4,7-11H2,(H,20,24)(H,21,22)/t13?,14?,17-/m1/s1. The van der Waals surface area contributed by atoms with E-state index in [9.17, 15) is 9.90 Å². The molecule has 2 aliphatic carbocycles. The molecule has 1 aromatic carbocycles. The van der Waals surface area contributed by atoms with Gasteiger partial charge < -0.3 is 10.4 Å². The van der Waals surface area contributed by atoms with Crippen molar-refractivity contribution in [3.63, 3.8) is 0 Å². The van der Waals surface area contributed by atoms with Crippen LogP contribution in [0.25, 0.3) is 0 Å². The molecule has 0 saturated heterocycles. The number of rotatable bonds is 5. The number of H-pyrrole nitrogens is 1. The van der Waals surface area contributed by atoms with Crippen molar-refractivity contribution in [2.45, 2.75) is 50.7 Å². The Morgan fingerprint density at radius 3 is 2.83 bits per heavy atom. The number of carbonyl (C=O) groups excluding carboxylic acids is 1. The van der Waals surface area contributed by atoms with Crippen LogP contribution in [0.4, 0.5) is 0 Å². The van der Waals surface area contributed by atoms with Crippen LogP contribution in [0, 0.1) is 5.92 Å². The van der Waals surface area contributed by atoms with E-state index < -0.39 is 0 Å². The van der Waals surface area contributed by atoms with Crippen molar-refractivity contribution in [1.29, 1.82) is 0 Å². The molecule has 1 aromatic heterocycles. The predicted molar refractivity (Wildman–Crippen MR) is 90.7 cm³/mol. The van der Waals surface area contributed by atoms with Crippen LogP contribution < -0.4 is 5.32 Å². The van der Waals surface area contributed by atoms with Crippen molar-refractivity contribution >= 4 is 5.91 Å². The SMILES string of the molecule is O=C(N[C@H](Cc1ccccc1)C1CC(O)C1)c1n[nH]c2c1CCC2. The zero-order valence-corrected chi connectivity index (χ0v) is 13.7. The molecule has 0 unspecified atom stereocenters. The highest BCUT2D eigenvalue weighted by Gasteiger charge is 2.35. The fraction of sp³-hybridized carbons (Fsp3) is 0.474. The van der Waals surface area contributed by atoms with Crippen LogP contribution >= 0.6 is 0 Å². The molecule has 1 fully saturated rings. The summed E-state index contributed by atoms with van der Waals surface area (Å²) in [5, 5.41) is 20.1. The molecule has 3 N–H and O–H groups in total. The molecular weight excluding hydrogens is 302 g/mol. The van der Waals surface area contributed by atoms with Crippen molar-refractivity contribution in [1.82, 2.24) is 15.5 Å². The van der Waals surface area contributed by atoms with Gasteiger partial charge in [0.2, 0.25) is 0 Å². The summed E-state index contributed by atoms with van der Waals surface area (Å²) in [6, 6.07) is 10.2. The Bertz CT molecular complexity index is 719. The fourth-order valence-electron chi connectivity index (χ4n) is 3.91. The van der Waals surface area contributed by atoms with E-state index in [2.05, 4.69) is 27.6 Å². The van der Waals surface area contributed by atoms with Gasteiger partial charge in [0.05, 0.1) is 6.10 Å². The predicted octanol–water partition coefficient (Wildman–Crippen LogP) is 2.01. The normalized spacial score (nSPS) is 23.4. The van der Waals surface area contributed by atoms with Crippen molar-refractivity contribution < 1.29 is 9.90 Å². The molecule has 2 aromatic rings. The number of aromatic amines is 1. The number of amides is 1. The third kappa shape index (κ3) is 2.96. The minimum atomic E-state index is -0.222. The smallest absolute Gasteiger partial charge is 0.272 e. The van der Waals surface area contributed by atoms with Crippen molar-refractivity contribution in [3.8, 4) is 0 Å². The maximum Gasteiger partial charge on any atom is 0.272 e. The van der Waals surface area contributed by atoms with Gasteiger partial charge in [0.1, 0.15) is 0 Å². The van der Waals surface area contributed by atoms with Gasteiger partial charge in [-0.3, -0.25) is 9.89 Å². The molecule has 0 bridgehead atoms. The second kappa shape index (κ2) is 6.40. The lowest BCUT2D eigenvalue weighted by atomic mass is 9.75. The summed E-state index contributed by atoms with van der Waals surface area (Å²) in [5.74, 6) is 0.243. The van der Waals surface area contributed by atoms with Crippen LogP contribution in [-0.2, 0) is 19.3 Å². The number of nitrogens with zero attached hydrogens (tertiary/aromatic N) is 1. The molecule has 1 heterocycles. The van der Waals surface area contributed by atoms with E-state index in [0.717, 1.165) is 49.8 Å². The molecular formula is C19H23N3O2. The molecule has 24 heavy (non-hydrogen) atoms. The summed E-state index contributed by atoms with van der Waals surface area (Å²) >= 11 is 0. The van der Waals surface area contributed by atoms with E-state index in [-0.39, 0.29) is 18.1 Å². The maximum atomic E-state index is 12.7. The molecule has 0 aliphatic heterocycles. The van der Waals surface area contributed by atoms with Gasteiger partial charge >= 0.3 is 0 Å². The van der Waals surface area contributed by atoms with E-state index in [1.54, 1.807) is 0 Å². The van der Waals surface area contributed by atoms with Crippen LogP contribution in [0.3, 0.4) is 0 Å². The molecule has 5 nitrogen and oxygen atoms in total. The van der Waals surface area contributed by atoms with Gasteiger partial charge in [-0.25, -0.2) is 0 Å². The zero-order chi connectivity index (χ0) is 16.5. The third-order valence-electron chi connectivity index (χ3n) is 5.36. The minimum Gasteiger partial charge on any atom is -0.393 e. The number of aliphatic hydroxyl groups is 1. The van der Waals surface area contributed by atoms with E-state index in [1.165, 1.54) is 5.56 Å². The molecule has 1 saturated carbocycles. The molecule has 1 atom stereocenters. The van der Waals surface area contributed by atoms with Crippen molar-refractivity contribution in [2.75, 3.05) is 0 Å². The monoisotopic (exact) mass is 325 g/mol. The number of benzene rings is 1. The van der Waals surface area contributed by atoms with Crippen molar-refractivity contribution in [3.05, 3.63) is 52.8 Å². The molecule has 5 heteroatoms. The number of aryl methyl sites for hydroxylation is 1. The molecule has 1 amide bonds. The average molecular weight is 325 g/mol. The van der Waals surface area contributed by atoms with Crippen LogP contribution in [0.1, 0.15) is 46.6 Å². The molecule has 126 valence electrons. The third-order valence-corrected chi connectivity index (χ3v) is 5.36. The number of aromatic nitrogens is 2. The van der Waals surface area contributed by atoms with Gasteiger partial charge in [0.25, 0.3) is 5.91 Å². The van der Waals surface area contributed by atoms with Gasteiger partial charge in [0, 0.05) is 17.3 Å². The Labute approximate surface area is 141 Å². The lowest BCUT2D eigenvalue weighted by Gasteiger charge is -2.38. The van der Waals surface area contributed by atoms with E-state index in [1.807, 2.05) is 18.2 Å². The Kier molecular flexibility index (Phi) is 4.10. The summed E-state index contributed by atoms with van der Waals surface area (Å²) in [7, 11) is 0. The second-order valence-electron chi connectivity index (χ2n) is 7.04. The number of nitrogens with one attached hydrogen (secondary N) is 2. The number of aliphatic hydroxyl groups excluding tert-OH is 1. The Morgan fingerprint density at radius 2 is 2.08 bits per heavy atom. The summed E-state index contributed by atoms with van der Waals surface area (Å²) in [6.07, 6.45) is 5.09. The first-order valence-electron chi connectivity index (χ1n) is 8.79. The number of hydrogen-bond acceptors (Lipinski definition) is 3. The van der Waals surface area contributed by atoms with Crippen LogP contribution in [-0.4, -0.2) is 33.4 Å². The van der Waals surface area contributed by atoms with Gasteiger partial charge in [-0.05, 0) is 50.0 Å². The highest BCUT2D eigenvalue weighted by molar-refractivity contribution is 5.94. The van der Waals surface area contributed by atoms with Gasteiger partial charge in [-0.15, -0.1) is 0 Å². The molecule has 0 spiro atoms. The molecule has 0 radical (unpaired) electrons. The quantitative estimate of drug-likeness (QED) is 0.787. The lowest BCUT2D eigenvalue weighted by molar-refractivity contribution is 0.0238. The van der Waals surface area contributed by atoms with E-state index in [4.69, 9.17) is 0 Å². The summed E-state index contributed by atoms with van der Waals surface area (Å²) in [6.45, 7) is 0. The van der Waals surface area contributed by atoms with Crippen LogP contribution in [0.5, 0.6) is 0 Å². The van der Waals surface area contributed by atoms with E-state index >= 15 is 0 Å². The largest absolute Gasteiger partial charge is 0.393 e. The zero-order valence-electron chi connectivity index (χ0n) is 13.7. The van der Waals surface area contributed by atoms with Crippen molar-refractivity contribution in [2.24, 2.45) is 5.92 Å². The maximum absolute atomic E-state index is 12.7. The number of carbonyl (C=O) groups is 1. The molecule has 4 rings (SSSR count).